The highest BCUT2D eigenvalue weighted by molar-refractivity contribution is 5.59. The molecule has 0 saturated carbocycles. The molecule has 4 heteroatoms. The van der Waals surface area contributed by atoms with E-state index in [1.54, 1.807) is 30.3 Å². The molecule has 0 saturated heterocycles. The molecule has 0 spiro atoms. The Bertz CT molecular complexity index is 471. The fraction of sp³-hybridized carbons (Fsp3) is 0. The third kappa shape index (κ3) is 2.42. The zero-order chi connectivity index (χ0) is 11.2. The highest BCUT2D eigenvalue weighted by Crippen LogP contribution is 2.17. The van der Waals surface area contributed by atoms with Gasteiger partial charge in [-0.1, -0.05) is 30.3 Å². The molecule has 0 atom stereocenters. The van der Waals surface area contributed by atoms with Gasteiger partial charge in [-0.05, 0) is 6.07 Å². The lowest BCUT2D eigenvalue weighted by atomic mass is 10.2. The number of rotatable bonds is 3. The van der Waals surface area contributed by atoms with Gasteiger partial charge in [0.1, 0.15) is 6.33 Å². The fourth-order valence-electron chi connectivity index (χ4n) is 1.18. The second-order valence-corrected chi connectivity index (χ2v) is 2.97. The molecule has 80 valence electrons. The summed E-state index contributed by atoms with van der Waals surface area (Å²) >= 11 is 0. The first kappa shape index (κ1) is 10.3. The number of ether oxygens (including phenoxy) is 1. The van der Waals surface area contributed by atoms with Crippen LogP contribution in [0.2, 0.25) is 0 Å². The van der Waals surface area contributed by atoms with E-state index in [-0.39, 0.29) is 11.8 Å². The molecule has 0 bridgehead atoms. The lowest BCUT2D eigenvalue weighted by molar-refractivity contribution is 0.460. The highest BCUT2D eigenvalue weighted by atomic mass is 19.1. The van der Waals surface area contributed by atoms with Gasteiger partial charge in [-0.15, -0.1) is 0 Å². The average Bonchev–Trinajstić information content (AvgIpc) is 2.38. The monoisotopic (exact) mass is 216 g/mol. The van der Waals surface area contributed by atoms with Crippen molar-refractivity contribution in [3.05, 3.63) is 60.7 Å². The molecular weight excluding hydrogens is 207 g/mol. The summed E-state index contributed by atoms with van der Waals surface area (Å²) in [4.78, 5) is 7.70. The summed E-state index contributed by atoms with van der Waals surface area (Å²) in [5.41, 5.74) is 0.637. The summed E-state index contributed by atoms with van der Waals surface area (Å²) in [5, 5.41) is 0. The predicted octanol–water partition coefficient (Wildman–Crippen LogP) is 2.82. The van der Waals surface area contributed by atoms with Crippen molar-refractivity contribution in [3.63, 3.8) is 0 Å². The van der Waals surface area contributed by atoms with E-state index in [0.717, 1.165) is 0 Å². The van der Waals surface area contributed by atoms with Gasteiger partial charge in [0.05, 0.1) is 0 Å². The first-order valence-electron chi connectivity index (χ1n) is 4.71. The van der Waals surface area contributed by atoms with Crippen LogP contribution in [-0.4, -0.2) is 9.97 Å². The Labute approximate surface area is 92.2 Å². The van der Waals surface area contributed by atoms with E-state index in [1.807, 2.05) is 6.07 Å². The van der Waals surface area contributed by atoms with Crippen LogP contribution in [0.3, 0.4) is 0 Å². The van der Waals surface area contributed by atoms with Crippen molar-refractivity contribution >= 4 is 5.76 Å². The summed E-state index contributed by atoms with van der Waals surface area (Å²) in [6.07, 6.45) is 3.46. The molecule has 0 amide bonds. The van der Waals surface area contributed by atoms with Crippen LogP contribution in [0.25, 0.3) is 5.76 Å². The summed E-state index contributed by atoms with van der Waals surface area (Å²) in [6, 6.07) is 10.7. The van der Waals surface area contributed by atoms with Gasteiger partial charge in [0.2, 0.25) is 0 Å². The standard InChI is InChI=1S/C12H9FN2O/c13-9-11(10-5-2-1-3-6-10)16-12-14-7-4-8-15-12/h1-9H/b11-9+. The summed E-state index contributed by atoms with van der Waals surface area (Å²) in [7, 11) is 0. The zero-order valence-electron chi connectivity index (χ0n) is 8.38. The molecule has 2 rings (SSSR count). The molecule has 2 aromatic rings. The van der Waals surface area contributed by atoms with Gasteiger partial charge in [-0.3, -0.25) is 0 Å². The maximum atomic E-state index is 12.7. The van der Waals surface area contributed by atoms with Gasteiger partial charge < -0.3 is 4.74 Å². The van der Waals surface area contributed by atoms with Crippen LogP contribution in [-0.2, 0) is 0 Å². The predicted molar refractivity (Wildman–Crippen MR) is 58.2 cm³/mol. The van der Waals surface area contributed by atoms with Gasteiger partial charge in [0.15, 0.2) is 5.76 Å². The summed E-state index contributed by atoms with van der Waals surface area (Å²) in [5.74, 6) is 0.0896. The Hall–Kier alpha value is -2.23. The van der Waals surface area contributed by atoms with Crippen LogP contribution in [0.15, 0.2) is 55.1 Å². The van der Waals surface area contributed by atoms with Gasteiger partial charge in [0.25, 0.3) is 0 Å². The summed E-state index contributed by atoms with van der Waals surface area (Å²) in [6.45, 7) is 0. The van der Waals surface area contributed by atoms with Crippen molar-refractivity contribution in [3.8, 4) is 6.01 Å². The lowest BCUT2D eigenvalue weighted by Gasteiger charge is -2.05. The number of hydrogen-bond acceptors (Lipinski definition) is 3. The SMILES string of the molecule is F/C=C(/Oc1ncccn1)c1ccccc1. The largest absolute Gasteiger partial charge is 0.421 e. The van der Waals surface area contributed by atoms with Crippen LogP contribution < -0.4 is 4.74 Å². The molecule has 0 aliphatic heterocycles. The van der Waals surface area contributed by atoms with Crippen molar-refractivity contribution in [2.24, 2.45) is 0 Å². The number of halogens is 1. The minimum absolute atomic E-state index is 0.0896. The molecule has 0 aliphatic rings. The lowest BCUT2D eigenvalue weighted by Crippen LogP contribution is -1.97. The van der Waals surface area contributed by atoms with E-state index in [0.29, 0.717) is 11.9 Å². The molecule has 1 aromatic heterocycles. The Balaban J connectivity index is 2.20. The van der Waals surface area contributed by atoms with E-state index >= 15 is 0 Å². The second-order valence-electron chi connectivity index (χ2n) is 2.97. The van der Waals surface area contributed by atoms with Crippen molar-refractivity contribution in [2.45, 2.75) is 0 Å². The zero-order valence-corrected chi connectivity index (χ0v) is 8.38. The topological polar surface area (TPSA) is 35.0 Å². The van der Waals surface area contributed by atoms with Crippen molar-refractivity contribution in [1.82, 2.24) is 9.97 Å². The molecule has 16 heavy (non-hydrogen) atoms. The smallest absolute Gasteiger partial charge is 0.321 e. The summed E-state index contributed by atoms with van der Waals surface area (Å²) < 4.78 is 17.9. The third-order valence-corrected chi connectivity index (χ3v) is 1.90. The van der Waals surface area contributed by atoms with E-state index in [4.69, 9.17) is 4.74 Å². The Morgan fingerprint density at radius 1 is 1.06 bits per heavy atom. The molecule has 0 fully saturated rings. The van der Waals surface area contributed by atoms with Crippen LogP contribution in [0, 0.1) is 0 Å². The van der Waals surface area contributed by atoms with Crippen LogP contribution in [0.5, 0.6) is 6.01 Å². The molecular formula is C12H9FN2O. The van der Waals surface area contributed by atoms with E-state index in [2.05, 4.69) is 9.97 Å². The Kier molecular flexibility index (Phi) is 3.23. The first-order valence-corrected chi connectivity index (χ1v) is 4.71. The Morgan fingerprint density at radius 3 is 2.38 bits per heavy atom. The number of nitrogens with zero attached hydrogens (tertiary/aromatic N) is 2. The molecule has 1 heterocycles. The number of hydrogen-bond donors (Lipinski definition) is 0. The van der Waals surface area contributed by atoms with E-state index in [9.17, 15) is 4.39 Å². The average molecular weight is 216 g/mol. The number of benzene rings is 1. The normalized spacial score (nSPS) is 11.2. The van der Waals surface area contributed by atoms with Gasteiger partial charge >= 0.3 is 6.01 Å². The van der Waals surface area contributed by atoms with Crippen LogP contribution >= 0.6 is 0 Å². The van der Waals surface area contributed by atoms with Crippen LogP contribution in [0.4, 0.5) is 4.39 Å². The minimum atomic E-state index is 0.0896. The van der Waals surface area contributed by atoms with Crippen molar-refractivity contribution in [1.29, 1.82) is 0 Å². The van der Waals surface area contributed by atoms with Crippen molar-refractivity contribution < 1.29 is 9.13 Å². The second kappa shape index (κ2) is 5.02. The quantitative estimate of drug-likeness (QED) is 0.740. The molecule has 0 radical (unpaired) electrons. The minimum Gasteiger partial charge on any atom is -0.421 e. The maximum absolute atomic E-state index is 12.7. The molecule has 0 aliphatic carbocycles. The molecule has 3 nitrogen and oxygen atoms in total. The molecule has 1 aromatic carbocycles. The van der Waals surface area contributed by atoms with Crippen molar-refractivity contribution in [2.75, 3.05) is 0 Å². The van der Waals surface area contributed by atoms with E-state index in [1.165, 1.54) is 12.4 Å². The highest BCUT2D eigenvalue weighted by Gasteiger charge is 2.05. The van der Waals surface area contributed by atoms with Crippen LogP contribution in [0.1, 0.15) is 5.56 Å². The Morgan fingerprint density at radius 2 is 1.75 bits per heavy atom. The van der Waals surface area contributed by atoms with Gasteiger partial charge in [-0.25, -0.2) is 14.4 Å². The first-order chi connectivity index (χ1) is 7.90. The van der Waals surface area contributed by atoms with E-state index < -0.39 is 0 Å². The molecule has 0 unspecified atom stereocenters. The van der Waals surface area contributed by atoms with Gasteiger partial charge in [-0.2, -0.15) is 0 Å². The fourth-order valence-corrected chi connectivity index (χ4v) is 1.18. The maximum Gasteiger partial charge on any atom is 0.321 e. The third-order valence-electron chi connectivity index (χ3n) is 1.90. The molecule has 0 N–H and O–H groups in total. The van der Waals surface area contributed by atoms with Gasteiger partial charge in [0, 0.05) is 18.0 Å². The number of aromatic nitrogens is 2.